The molecule has 0 unspecified atom stereocenters. The van der Waals surface area contributed by atoms with Gasteiger partial charge in [0, 0.05) is 45.0 Å². The lowest BCUT2D eigenvalue weighted by Gasteiger charge is -2.34. The molecule has 1 aromatic heterocycles. The minimum Gasteiger partial charge on any atom is -0.355 e. The molecule has 0 atom stereocenters. The third-order valence-electron chi connectivity index (χ3n) is 4.17. The minimum absolute atomic E-state index is 0.139. The van der Waals surface area contributed by atoms with Crippen LogP contribution in [0.25, 0.3) is 0 Å². The second-order valence-electron chi connectivity index (χ2n) is 5.69. The van der Waals surface area contributed by atoms with Crippen LogP contribution in [0.5, 0.6) is 0 Å². The fourth-order valence-corrected chi connectivity index (χ4v) is 4.26. The van der Waals surface area contributed by atoms with Crippen molar-refractivity contribution in [3.63, 3.8) is 0 Å². The number of pyridine rings is 1. The summed E-state index contributed by atoms with van der Waals surface area (Å²) in [6.07, 6.45) is 1.72. The monoisotopic (exact) mass is 360 g/mol. The Morgan fingerprint density at radius 1 is 1.08 bits per heavy atom. The maximum Gasteiger partial charge on any atom is 0.251 e. The normalized spacial score (nSPS) is 15.8. The van der Waals surface area contributed by atoms with Crippen molar-refractivity contribution in [2.24, 2.45) is 0 Å². The second-order valence-corrected chi connectivity index (χ2v) is 7.62. The van der Waals surface area contributed by atoms with Crippen molar-refractivity contribution in [3.05, 3.63) is 54.2 Å². The number of hydrogen-bond donors (Lipinski definition) is 1. The molecule has 1 amide bonds. The van der Waals surface area contributed by atoms with Gasteiger partial charge in [0.1, 0.15) is 5.82 Å². The van der Waals surface area contributed by atoms with E-state index in [1.54, 1.807) is 18.3 Å². The maximum absolute atomic E-state index is 12.9. The standard InChI is InChI=1S/C17H20N4O3S/c1-18-17(22)14-5-4-6-15(13-14)25(23,24)21-11-9-20(10-12-21)16-7-2-3-8-19-16/h2-8,13H,9-12H2,1H3,(H,18,22). The summed E-state index contributed by atoms with van der Waals surface area (Å²) in [6.45, 7) is 1.91. The maximum atomic E-state index is 12.9. The number of anilines is 1. The van der Waals surface area contributed by atoms with E-state index in [4.69, 9.17) is 0 Å². The lowest BCUT2D eigenvalue weighted by molar-refractivity contribution is 0.0963. The molecule has 0 aliphatic carbocycles. The number of nitrogens with one attached hydrogen (secondary N) is 1. The van der Waals surface area contributed by atoms with Crippen molar-refractivity contribution in [2.75, 3.05) is 38.1 Å². The highest BCUT2D eigenvalue weighted by Gasteiger charge is 2.29. The molecule has 1 saturated heterocycles. The first-order valence-electron chi connectivity index (χ1n) is 8.00. The van der Waals surface area contributed by atoms with E-state index in [9.17, 15) is 13.2 Å². The zero-order valence-electron chi connectivity index (χ0n) is 13.9. The predicted octanol–water partition coefficient (Wildman–Crippen LogP) is 0.952. The molecule has 1 N–H and O–H groups in total. The van der Waals surface area contributed by atoms with Crippen LogP contribution >= 0.6 is 0 Å². The van der Waals surface area contributed by atoms with E-state index in [1.165, 1.54) is 23.5 Å². The van der Waals surface area contributed by atoms with Crippen molar-refractivity contribution >= 4 is 21.7 Å². The minimum atomic E-state index is -3.63. The fraction of sp³-hybridized carbons (Fsp3) is 0.294. The number of amides is 1. The summed E-state index contributed by atoms with van der Waals surface area (Å²) in [5.74, 6) is 0.540. The van der Waals surface area contributed by atoms with E-state index in [0.29, 0.717) is 31.7 Å². The number of aromatic nitrogens is 1. The van der Waals surface area contributed by atoms with Gasteiger partial charge >= 0.3 is 0 Å². The highest BCUT2D eigenvalue weighted by molar-refractivity contribution is 7.89. The SMILES string of the molecule is CNC(=O)c1cccc(S(=O)(=O)N2CCN(c3ccccn3)CC2)c1. The first kappa shape index (κ1) is 17.4. The van der Waals surface area contributed by atoms with Crippen LogP contribution in [0.1, 0.15) is 10.4 Å². The van der Waals surface area contributed by atoms with E-state index < -0.39 is 10.0 Å². The molecule has 0 bridgehead atoms. The van der Waals surface area contributed by atoms with E-state index in [-0.39, 0.29) is 10.8 Å². The number of piperazine rings is 1. The van der Waals surface area contributed by atoms with Crippen LogP contribution in [-0.2, 0) is 10.0 Å². The van der Waals surface area contributed by atoms with Gasteiger partial charge in [-0.05, 0) is 30.3 Å². The lowest BCUT2D eigenvalue weighted by atomic mass is 10.2. The van der Waals surface area contributed by atoms with Gasteiger partial charge in [0.25, 0.3) is 5.91 Å². The Morgan fingerprint density at radius 2 is 1.84 bits per heavy atom. The first-order chi connectivity index (χ1) is 12.0. The second kappa shape index (κ2) is 7.20. The van der Waals surface area contributed by atoms with Crippen molar-refractivity contribution in [2.45, 2.75) is 4.90 Å². The van der Waals surface area contributed by atoms with E-state index in [2.05, 4.69) is 15.2 Å². The Morgan fingerprint density at radius 3 is 2.48 bits per heavy atom. The smallest absolute Gasteiger partial charge is 0.251 e. The molecular formula is C17H20N4O3S. The Labute approximate surface area is 147 Å². The zero-order valence-corrected chi connectivity index (χ0v) is 14.7. The van der Waals surface area contributed by atoms with Gasteiger partial charge in [-0.1, -0.05) is 12.1 Å². The molecule has 1 fully saturated rings. The number of carbonyl (C=O) groups excluding carboxylic acids is 1. The highest BCUT2D eigenvalue weighted by Crippen LogP contribution is 2.20. The number of hydrogen-bond acceptors (Lipinski definition) is 5. The summed E-state index contributed by atoms with van der Waals surface area (Å²) >= 11 is 0. The summed E-state index contributed by atoms with van der Waals surface area (Å²) in [5, 5.41) is 2.50. The van der Waals surface area contributed by atoms with Gasteiger partial charge in [0.05, 0.1) is 4.90 Å². The molecule has 8 heteroatoms. The van der Waals surface area contributed by atoms with Gasteiger partial charge in [-0.15, -0.1) is 0 Å². The molecule has 7 nitrogen and oxygen atoms in total. The number of sulfonamides is 1. The number of benzene rings is 1. The lowest BCUT2D eigenvalue weighted by Crippen LogP contribution is -2.48. The molecule has 0 saturated carbocycles. The van der Waals surface area contributed by atoms with Crippen LogP contribution in [0, 0.1) is 0 Å². The van der Waals surface area contributed by atoms with Crippen LogP contribution in [0.2, 0.25) is 0 Å². The van der Waals surface area contributed by atoms with E-state index in [0.717, 1.165) is 5.82 Å². The largest absolute Gasteiger partial charge is 0.355 e. The number of nitrogens with zero attached hydrogens (tertiary/aromatic N) is 3. The molecule has 2 heterocycles. The number of rotatable bonds is 4. The van der Waals surface area contributed by atoms with Crippen LogP contribution in [0.3, 0.4) is 0 Å². The van der Waals surface area contributed by atoms with Crippen molar-refractivity contribution < 1.29 is 13.2 Å². The summed E-state index contributed by atoms with van der Waals surface area (Å²) in [7, 11) is -2.11. The van der Waals surface area contributed by atoms with Crippen molar-refractivity contribution in [1.82, 2.24) is 14.6 Å². The van der Waals surface area contributed by atoms with Crippen LogP contribution in [0.15, 0.2) is 53.6 Å². The first-order valence-corrected chi connectivity index (χ1v) is 9.44. The van der Waals surface area contributed by atoms with Gasteiger partial charge in [0.2, 0.25) is 10.0 Å². The van der Waals surface area contributed by atoms with Crippen LogP contribution < -0.4 is 10.2 Å². The average Bonchev–Trinajstić information content (AvgIpc) is 2.68. The van der Waals surface area contributed by atoms with E-state index >= 15 is 0 Å². The molecular weight excluding hydrogens is 340 g/mol. The summed E-state index contributed by atoms with van der Waals surface area (Å²) < 4.78 is 27.2. The molecule has 132 valence electrons. The summed E-state index contributed by atoms with van der Waals surface area (Å²) in [6, 6.07) is 11.8. The summed E-state index contributed by atoms with van der Waals surface area (Å²) in [4.78, 5) is 18.2. The Kier molecular flexibility index (Phi) is 5.00. The third kappa shape index (κ3) is 3.64. The molecule has 2 aromatic rings. The molecule has 1 aromatic carbocycles. The Hall–Kier alpha value is -2.45. The van der Waals surface area contributed by atoms with Gasteiger partial charge in [-0.25, -0.2) is 13.4 Å². The fourth-order valence-electron chi connectivity index (χ4n) is 2.79. The van der Waals surface area contributed by atoms with Crippen molar-refractivity contribution in [1.29, 1.82) is 0 Å². The van der Waals surface area contributed by atoms with Crippen molar-refractivity contribution in [3.8, 4) is 0 Å². The quantitative estimate of drug-likeness (QED) is 0.878. The zero-order chi connectivity index (χ0) is 17.9. The Balaban J connectivity index is 1.75. The molecule has 25 heavy (non-hydrogen) atoms. The van der Waals surface area contributed by atoms with Gasteiger partial charge in [-0.3, -0.25) is 4.79 Å². The third-order valence-corrected chi connectivity index (χ3v) is 6.07. The highest BCUT2D eigenvalue weighted by atomic mass is 32.2. The summed E-state index contributed by atoms with van der Waals surface area (Å²) in [5.41, 5.74) is 0.329. The molecule has 0 radical (unpaired) electrons. The van der Waals surface area contributed by atoms with Gasteiger partial charge in [0.15, 0.2) is 0 Å². The predicted molar refractivity (Wildman–Crippen MR) is 95.0 cm³/mol. The Bertz CT molecular complexity index is 847. The average molecular weight is 360 g/mol. The van der Waals surface area contributed by atoms with Crippen LogP contribution in [-0.4, -0.2) is 56.8 Å². The molecule has 3 rings (SSSR count). The molecule has 0 spiro atoms. The van der Waals surface area contributed by atoms with E-state index in [1.807, 2.05) is 18.2 Å². The van der Waals surface area contributed by atoms with Crippen LogP contribution in [0.4, 0.5) is 5.82 Å². The molecule has 1 aliphatic rings. The number of carbonyl (C=O) groups is 1. The van der Waals surface area contributed by atoms with Gasteiger partial charge in [-0.2, -0.15) is 4.31 Å². The topological polar surface area (TPSA) is 82.6 Å². The van der Waals surface area contributed by atoms with Gasteiger partial charge < -0.3 is 10.2 Å². The molecule has 1 aliphatic heterocycles.